The molecule has 2 heterocycles. The lowest BCUT2D eigenvalue weighted by Gasteiger charge is -2.32. The molecule has 5 rings (SSSR count). The fourth-order valence-corrected chi connectivity index (χ4v) is 7.59. The van der Waals surface area contributed by atoms with E-state index >= 15 is 0 Å². The first-order valence-electron chi connectivity index (χ1n) is 12.7. The van der Waals surface area contributed by atoms with Crippen LogP contribution in [0.4, 0.5) is 5.13 Å². The predicted octanol–water partition coefficient (Wildman–Crippen LogP) is 5.88. The summed E-state index contributed by atoms with van der Waals surface area (Å²) in [6.45, 7) is 2.63. The molecule has 1 aliphatic rings. The van der Waals surface area contributed by atoms with Crippen molar-refractivity contribution in [3.63, 3.8) is 0 Å². The lowest BCUT2D eigenvalue weighted by Crippen LogP contribution is -2.41. The number of para-hydroxylation sites is 1. The Balaban J connectivity index is 1.44. The van der Waals surface area contributed by atoms with Gasteiger partial charge in [0.2, 0.25) is 10.0 Å². The van der Waals surface area contributed by atoms with E-state index in [2.05, 4.69) is 4.98 Å². The molecular weight excluding hydrogens is 504 g/mol. The summed E-state index contributed by atoms with van der Waals surface area (Å²) < 4.78 is 29.5. The molecule has 2 aromatic heterocycles. The van der Waals surface area contributed by atoms with Gasteiger partial charge in [0.05, 0.1) is 21.7 Å². The molecule has 9 heteroatoms. The van der Waals surface area contributed by atoms with E-state index in [9.17, 15) is 13.2 Å². The van der Waals surface area contributed by atoms with Crippen LogP contribution in [0.25, 0.3) is 10.2 Å². The molecule has 0 aliphatic heterocycles. The number of benzene rings is 2. The van der Waals surface area contributed by atoms with Gasteiger partial charge in [-0.1, -0.05) is 55.7 Å². The summed E-state index contributed by atoms with van der Waals surface area (Å²) in [5.74, 6) is -0.244. The summed E-state index contributed by atoms with van der Waals surface area (Å²) in [7, 11) is -3.64. The normalized spacial score (nSPS) is 14.8. The van der Waals surface area contributed by atoms with Crippen molar-refractivity contribution >= 4 is 42.6 Å². The van der Waals surface area contributed by atoms with E-state index < -0.39 is 10.0 Å². The van der Waals surface area contributed by atoms with Gasteiger partial charge in [0.25, 0.3) is 5.91 Å². The number of aromatic nitrogens is 2. The summed E-state index contributed by atoms with van der Waals surface area (Å²) in [6.07, 6.45) is 8.50. The van der Waals surface area contributed by atoms with Crippen molar-refractivity contribution in [2.45, 2.75) is 56.5 Å². The van der Waals surface area contributed by atoms with Gasteiger partial charge in [-0.2, -0.15) is 4.31 Å². The fourth-order valence-electron chi connectivity index (χ4n) is 4.93. The van der Waals surface area contributed by atoms with E-state index in [0.717, 1.165) is 47.9 Å². The molecule has 0 unspecified atom stereocenters. The lowest BCUT2D eigenvalue weighted by molar-refractivity contribution is 0.0985. The Labute approximate surface area is 221 Å². The van der Waals surface area contributed by atoms with E-state index in [0.29, 0.717) is 23.8 Å². The van der Waals surface area contributed by atoms with E-state index in [4.69, 9.17) is 4.98 Å². The van der Waals surface area contributed by atoms with E-state index in [1.165, 1.54) is 11.3 Å². The number of amides is 1. The van der Waals surface area contributed by atoms with Gasteiger partial charge in [-0.05, 0) is 60.9 Å². The molecular formula is C28H30N4O3S2. The zero-order chi connectivity index (χ0) is 25.8. The van der Waals surface area contributed by atoms with Gasteiger partial charge in [-0.3, -0.25) is 14.7 Å². The Kier molecular flexibility index (Phi) is 7.64. The Morgan fingerprint density at radius 3 is 2.43 bits per heavy atom. The molecule has 0 radical (unpaired) electrons. The van der Waals surface area contributed by atoms with Crippen molar-refractivity contribution in [1.82, 2.24) is 14.3 Å². The molecule has 192 valence electrons. The van der Waals surface area contributed by atoms with Crippen LogP contribution in [0.15, 0.2) is 78.0 Å². The van der Waals surface area contributed by atoms with Gasteiger partial charge in [0.1, 0.15) is 0 Å². The van der Waals surface area contributed by atoms with Crippen molar-refractivity contribution in [2.75, 3.05) is 11.4 Å². The van der Waals surface area contributed by atoms with Gasteiger partial charge in [-0.15, -0.1) is 0 Å². The summed E-state index contributed by atoms with van der Waals surface area (Å²) in [5.41, 5.74) is 2.11. The minimum atomic E-state index is -3.64. The van der Waals surface area contributed by atoms with Gasteiger partial charge in [0.15, 0.2) is 5.13 Å². The minimum absolute atomic E-state index is 0.0408. The highest BCUT2D eigenvalue weighted by Gasteiger charge is 2.31. The van der Waals surface area contributed by atoms with Crippen molar-refractivity contribution in [3.05, 3.63) is 84.2 Å². The average Bonchev–Trinajstić information content (AvgIpc) is 3.37. The third kappa shape index (κ3) is 5.44. The number of thiazole rings is 1. The predicted molar refractivity (Wildman–Crippen MR) is 147 cm³/mol. The number of rotatable bonds is 8. The largest absolute Gasteiger partial charge is 0.279 e. The third-order valence-electron chi connectivity index (χ3n) is 6.82. The molecule has 0 saturated heterocycles. The monoisotopic (exact) mass is 534 g/mol. The van der Waals surface area contributed by atoms with Gasteiger partial charge >= 0.3 is 0 Å². The second-order valence-electron chi connectivity index (χ2n) is 9.24. The second-order valence-corrected chi connectivity index (χ2v) is 12.1. The quantitative estimate of drug-likeness (QED) is 0.282. The van der Waals surface area contributed by atoms with Crippen LogP contribution in [0.5, 0.6) is 0 Å². The van der Waals surface area contributed by atoms with Crippen LogP contribution in [0.1, 0.15) is 54.9 Å². The molecule has 0 spiro atoms. The summed E-state index contributed by atoms with van der Waals surface area (Å²) in [6, 6.07) is 17.9. The molecule has 37 heavy (non-hydrogen) atoms. The molecule has 0 atom stereocenters. The standard InChI is InChI=1S/C28H30N4O3S2/c1-2-32(23-10-4-3-5-11-23)37(34,35)24-16-14-22(15-17-24)27(33)31(20-21-9-8-18-29-19-21)28-30-25-12-6-7-13-26(25)36-28/h6-9,12-19,23H,2-5,10-11,20H2,1H3. The van der Waals surface area contributed by atoms with Crippen molar-refractivity contribution in [1.29, 1.82) is 0 Å². The molecule has 4 aromatic rings. The van der Waals surface area contributed by atoms with Gasteiger partial charge in [0, 0.05) is 30.5 Å². The number of carbonyl (C=O) groups excluding carboxylic acids is 1. The minimum Gasteiger partial charge on any atom is -0.279 e. The number of carbonyl (C=O) groups is 1. The Bertz CT molecular complexity index is 1430. The topological polar surface area (TPSA) is 83.5 Å². The van der Waals surface area contributed by atoms with E-state index in [-0.39, 0.29) is 16.8 Å². The molecule has 7 nitrogen and oxygen atoms in total. The Hall–Kier alpha value is -3.14. The molecule has 0 bridgehead atoms. The van der Waals surface area contributed by atoms with Crippen LogP contribution >= 0.6 is 11.3 Å². The van der Waals surface area contributed by atoms with Crippen LogP contribution in [0.2, 0.25) is 0 Å². The van der Waals surface area contributed by atoms with Crippen LogP contribution in [0.3, 0.4) is 0 Å². The molecule has 1 amide bonds. The maximum atomic E-state index is 13.7. The van der Waals surface area contributed by atoms with Crippen LogP contribution in [0, 0.1) is 0 Å². The first-order chi connectivity index (χ1) is 18.0. The van der Waals surface area contributed by atoms with Crippen LogP contribution in [-0.2, 0) is 16.6 Å². The Morgan fingerprint density at radius 1 is 1.00 bits per heavy atom. The van der Waals surface area contributed by atoms with Crippen LogP contribution in [-0.4, -0.2) is 41.2 Å². The number of fused-ring (bicyclic) bond motifs is 1. The zero-order valence-electron chi connectivity index (χ0n) is 20.8. The van der Waals surface area contributed by atoms with Crippen molar-refractivity contribution in [2.24, 2.45) is 0 Å². The first kappa shape index (κ1) is 25.5. The Morgan fingerprint density at radius 2 is 1.76 bits per heavy atom. The van der Waals surface area contributed by atoms with E-state index in [1.54, 1.807) is 45.9 Å². The number of hydrogen-bond donors (Lipinski definition) is 0. The maximum absolute atomic E-state index is 13.7. The highest BCUT2D eigenvalue weighted by molar-refractivity contribution is 7.89. The molecule has 2 aromatic carbocycles. The van der Waals surface area contributed by atoms with Crippen LogP contribution < -0.4 is 4.90 Å². The number of pyridine rings is 1. The zero-order valence-corrected chi connectivity index (χ0v) is 22.4. The van der Waals surface area contributed by atoms with Gasteiger partial charge in [-0.25, -0.2) is 13.4 Å². The third-order valence-corrected chi connectivity index (χ3v) is 9.92. The fraction of sp³-hybridized carbons (Fsp3) is 0.321. The summed E-state index contributed by atoms with van der Waals surface area (Å²) in [5, 5.41) is 0.584. The molecule has 1 saturated carbocycles. The van der Waals surface area contributed by atoms with E-state index in [1.807, 2.05) is 43.3 Å². The number of nitrogens with zero attached hydrogens (tertiary/aromatic N) is 4. The highest BCUT2D eigenvalue weighted by Crippen LogP contribution is 2.31. The number of hydrogen-bond acceptors (Lipinski definition) is 6. The summed E-state index contributed by atoms with van der Waals surface area (Å²) >= 11 is 1.45. The highest BCUT2D eigenvalue weighted by atomic mass is 32.2. The maximum Gasteiger partial charge on any atom is 0.260 e. The first-order valence-corrected chi connectivity index (χ1v) is 14.9. The second kappa shape index (κ2) is 11.1. The van der Waals surface area contributed by atoms with Gasteiger partial charge < -0.3 is 0 Å². The molecule has 0 N–H and O–H groups in total. The number of sulfonamides is 1. The SMILES string of the molecule is CCN(C1CCCCC1)S(=O)(=O)c1ccc(C(=O)N(Cc2cccnc2)c2nc3ccccc3s2)cc1. The van der Waals surface area contributed by atoms with Crippen molar-refractivity contribution < 1.29 is 13.2 Å². The molecule has 1 fully saturated rings. The lowest BCUT2D eigenvalue weighted by atomic mass is 9.95. The summed E-state index contributed by atoms with van der Waals surface area (Å²) in [4.78, 5) is 24.5. The molecule has 1 aliphatic carbocycles. The number of anilines is 1. The average molecular weight is 535 g/mol. The smallest absolute Gasteiger partial charge is 0.260 e. The van der Waals surface area contributed by atoms with Crippen molar-refractivity contribution in [3.8, 4) is 0 Å².